The van der Waals surface area contributed by atoms with Crippen LogP contribution in [0.3, 0.4) is 0 Å². The quantitative estimate of drug-likeness (QED) is 0.207. The molecule has 4 aromatic rings. The molecular formula is C37H44N6O2. The molecule has 45 heavy (non-hydrogen) atoms. The Balaban J connectivity index is 1.10. The smallest absolute Gasteiger partial charge is 0.324 e. The van der Waals surface area contributed by atoms with Crippen LogP contribution in [-0.2, 0) is 18.4 Å². The topological polar surface area (TPSA) is 105 Å². The van der Waals surface area contributed by atoms with E-state index in [-0.39, 0.29) is 29.4 Å². The molecule has 2 unspecified atom stereocenters. The van der Waals surface area contributed by atoms with Crippen LogP contribution < -0.4 is 16.4 Å². The zero-order valence-electron chi connectivity index (χ0n) is 26.7. The number of carbonyl (C=O) groups excluding carboxylic acids is 2. The molecule has 2 fully saturated rings. The monoisotopic (exact) mass is 604 g/mol. The fraction of sp³-hybridized carbons (Fsp3) is 0.378. The molecule has 0 spiro atoms. The molecule has 1 aromatic heterocycles. The Morgan fingerprint density at radius 3 is 2.22 bits per heavy atom. The molecule has 3 heterocycles. The fourth-order valence-electron chi connectivity index (χ4n) is 6.83. The zero-order valence-corrected chi connectivity index (χ0v) is 26.7. The van der Waals surface area contributed by atoms with Crippen LogP contribution in [0.25, 0.3) is 5.69 Å². The highest BCUT2D eigenvalue weighted by atomic mass is 16.2. The maximum atomic E-state index is 13.4. The highest BCUT2D eigenvalue weighted by molar-refractivity contribution is 5.99. The van der Waals surface area contributed by atoms with Gasteiger partial charge < -0.3 is 16.0 Å². The van der Waals surface area contributed by atoms with E-state index in [2.05, 4.69) is 48.4 Å². The van der Waals surface area contributed by atoms with Crippen molar-refractivity contribution >= 4 is 23.4 Å². The maximum Gasteiger partial charge on any atom is 0.324 e. The summed E-state index contributed by atoms with van der Waals surface area (Å²) in [6, 6.07) is 26.1. The van der Waals surface area contributed by atoms with Gasteiger partial charge in [-0.15, -0.1) is 0 Å². The Morgan fingerprint density at radius 1 is 0.889 bits per heavy atom. The molecule has 2 aliphatic rings. The molecule has 0 aliphatic carbocycles. The lowest BCUT2D eigenvalue weighted by molar-refractivity contribution is 0.0524. The van der Waals surface area contributed by atoms with Gasteiger partial charge in [-0.25, -0.2) is 9.48 Å². The number of carbonyl (C=O) groups is 2. The number of hydrogen-bond donors (Lipinski definition) is 3. The Kier molecular flexibility index (Phi) is 8.51. The predicted octanol–water partition coefficient (Wildman–Crippen LogP) is 7.21. The number of aryl methyl sites for hydroxylation is 1. The molecule has 0 radical (unpaired) electrons. The molecule has 6 rings (SSSR count). The lowest BCUT2D eigenvalue weighted by Gasteiger charge is -2.39. The summed E-state index contributed by atoms with van der Waals surface area (Å²) in [6.45, 7) is 8.85. The molecule has 234 valence electrons. The van der Waals surface area contributed by atoms with Gasteiger partial charge in [0.05, 0.1) is 11.4 Å². The summed E-state index contributed by atoms with van der Waals surface area (Å²) in [6.07, 6.45) is 5.05. The van der Waals surface area contributed by atoms with Gasteiger partial charge in [0.15, 0.2) is 0 Å². The highest BCUT2D eigenvalue weighted by Crippen LogP contribution is 2.41. The number of nitrogens with one attached hydrogen (secondary N) is 2. The minimum absolute atomic E-state index is 0.139. The van der Waals surface area contributed by atoms with Gasteiger partial charge in [0.25, 0.3) is 5.91 Å². The van der Waals surface area contributed by atoms with Gasteiger partial charge in [0.1, 0.15) is 5.82 Å². The van der Waals surface area contributed by atoms with Crippen LogP contribution in [0.15, 0.2) is 78.9 Å². The minimum atomic E-state index is -0.315. The van der Waals surface area contributed by atoms with E-state index in [0.29, 0.717) is 18.3 Å². The fourth-order valence-corrected chi connectivity index (χ4v) is 6.83. The molecule has 2 bridgehead atoms. The minimum Gasteiger partial charge on any atom is -0.333 e. The number of anilines is 2. The standard InChI is InChI=1S/C37H44N6O2/c1-24-8-14-30(15-9-24)43-34(22-33(41-43)37(2,3)4)40-36(45)39-29-7-5-6-26(19-29)18-27-20-31-16-17-32(21-27)42(31)35(44)28-12-10-25(23-38)11-13-28/h5-15,19,22,27,31-32H,16-18,20-21,23,38H2,1-4H3,(H2,39,40,45). The molecule has 4 N–H and O–H groups in total. The highest BCUT2D eigenvalue weighted by Gasteiger charge is 2.43. The van der Waals surface area contributed by atoms with Gasteiger partial charge in [0.2, 0.25) is 0 Å². The van der Waals surface area contributed by atoms with Gasteiger partial charge in [-0.3, -0.25) is 10.1 Å². The number of aromatic nitrogens is 2. The largest absolute Gasteiger partial charge is 0.333 e. The van der Waals surface area contributed by atoms with E-state index in [1.54, 1.807) is 4.68 Å². The van der Waals surface area contributed by atoms with E-state index in [9.17, 15) is 9.59 Å². The summed E-state index contributed by atoms with van der Waals surface area (Å²) in [5, 5.41) is 10.9. The number of nitrogens with zero attached hydrogens (tertiary/aromatic N) is 3. The second-order valence-electron chi connectivity index (χ2n) is 13.7. The lowest BCUT2D eigenvalue weighted by atomic mass is 9.85. The number of urea groups is 1. The Labute approximate surface area is 266 Å². The summed E-state index contributed by atoms with van der Waals surface area (Å²) < 4.78 is 1.79. The van der Waals surface area contributed by atoms with Crippen molar-refractivity contribution in [1.29, 1.82) is 0 Å². The number of nitrogens with two attached hydrogens (primary N) is 1. The molecular weight excluding hydrogens is 560 g/mol. The van der Waals surface area contributed by atoms with Crippen molar-refractivity contribution in [3.8, 4) is 5.69 Å². The first-order valence-electron chi connectivity index (χ1n) is 16.0. The second kappa shape index (κ2) is 12.5. The summed E-state index contributed by atoms with van der Waals surface area (Å²) in [7, 11) is 0. The third-order valence-corrected chi connectivity index (χ3v) is 9.21. The lowest BCUT2D eigenvalue weighted by Crippen LogP contribution is -2.46. The van der Waals surface area contributed by atoms with Crippen LogP contribution >= 0.6 is 0 Å². The van der Waals surface area contributed by atoms with Crippen molar-refractivity contribution in [3.63, 3.8) is 0 Å². The zero-order chi connectivity index (χ0) is 31.7. The predicted molar refractivity (Wildman–Crippen MR) is 180 cm³/mol. The van der Waals surface area contributed by atoms with Crippen LogP contribution in [0.4, 0.5) is 16.3 Å². The average Bonchev–Trinajstić information content (AvgIpc) is 3.55. The summed E-state index contributed by atoms with van der Waals surface area (Å²) in [5.41, 5.74) is 12.2. The van der Waals surface area contributed by atoms with Crippen LogP contribution in [0.5, 0.6) is 0 Å². The second-order valence-corrected chi connectivity index (χ2v) is 13.7. The van der Waals surface area contributed by atoms with Gasteiger partial charge in [-0.2, -0.15) is 5.10 Å². The van der Waals surface area contributed by atoms with Crippen molar-refractivity contribution in [2.75, 3.05) is 10.6 Å². The number of benzene rings is 3. The third kappa shape index (κ3) is 6.81. The first-order chi connectivity index (χ1) is 21.6. The Hall–Kier alpha value is -4.43. The van der Waals surface area contributed by atoms with Crippen molar-refractivity contribution in [3.05, 3.63) is 107 Å². The van der Waals surface area contributed by atoms with Gasteiger partial charge >= 0.3 is 6.03 Å². The molecule has 8 heteroatoms. The van der Waals surface area contributed by atoms with E-state index >= 15 is 0 Å². The van der Waals surface area contributed by atoms with Gasteiger partial charge in [-0.1, -0.05) is 62.7 Å². The van der Waals surface area contributed by atoms with Crippen LogP contribution in [0.1, 0.15) is 79.2 Å². The molecule has 0 saturated carbocycles. The molecule has 2 atom stereocenters. The van der Waals surface area contributed by atoms with Crippen molar-refractivity contribution in [2.45, 2.75) is 83.8 Å². The first kappa shape index (κ1) is 30.6. The van der Waals surface area contributed by atoms with Crippen LogP contribution in [0.2, 0.25) is 0 Å². The van der Waals surface area contributed by atoms with Crippen molar-refractivity contribution in [1.82, 2.24) is 14.7 Å². The van der Waals surface area contributed by atoms with E-state index < -0.39 is 0 Å². The van der Waals surface area contributed by atoms with Gasteiger partial charge in [0, 0.05) is 41.4 Å². The summed E-state index contributed by atoms with van der Waals surface area (Å²) >= 11 is 0. The van der Waals surface area contributed by atoms with E-state index in [0.717, 1.165) is 65.9 Å². The number of fused-ring (bicyclic) bond motifs is 2. The molecule has 2 saturated heterocycles. The Bertz CT molecular complexity index is 1650. The molecule has 8 nitrogen and oxygen atoms in total. The molecule has 2 aliphatic heterocycles. The van der Waals surface area contributed by atoms with Crippen molar-refractivity contribution in [2.24, 2.45) is 11.7 Å². The number of rotatable bonds is 7. The maximum absolute atomic E-state index is 13.4. The summed E-state index contributed by atoms with van der Waals surface area (Å²) in [4.78, 5) is 28.8. The average molecular weight is 605 g/mol. The first-order valence-corrected chi connectivity index (χ1v) is 16.0. The normalized spacial score (nSPS) is 19.4. The van der Waals surface area contributed by atoms with Crippen LogP contribution in [-0.4, -0.2) is 38.7 Å². The molecule has 3 aromatic carbocycles. The number of piperidine rings is 1. The molecule has 3 amide bonds. The van der Waals surface area contributed by atoms with Crippen LogP contribution in [0, 0.1) is 12.8 Å². The van der Waals surface area contributed by atoms with E-state index in [1.165, 1.54) is 5.56 Å². The SMILES string of the molecule is Cc1ccc(-n2nc(C(C)(C)C)cc2NC(=O)Nc2cccc(CC3CC4CCC(C3)N4C(=O)c3ccc(CN)cc3)c2)cc1. The number of amides is 3. The Morgan fingerprint density at radius 2 is 1.58 bits per heavy atom. The van der Waals surface area contributed by atoms with Gasteiger partial charge in [-0.05, 0) is 92.5 Å². The van der Waals surface area contributed by atoms with E-state index in [1.807, 2.05) is 73.7 Å². The van der Waals surface area contributed by atoms with Crippen molar-refractivity contribution < 1.29 is 9.59 Å². The van der Waals surface area contributed by atoms with E-state index in [4.69, 9.17) is 10.8 Å². The number of hydrogen-bond acceptors (Lipinski definition) is 4. The third-order valence-electron chi connectivity index (χ3n) is 9.21. The summed E-state index contributed by atoms with van der Waals surface area (Å²) in [5.74, 6) is 1.25.